The van der Waals surface area contributed by atoms with Crippen molar-refractivity contribution in [2.45, 2.75) is 57.5 Å². The first-order valence-electron chi connectivity index (χ1n) is 9.90. The fraction of sp³-hybridized carbons (Fsp3) is 0.455. The van der Waals surface area contributed by atoms with Gasteiger partial charge in [-0.3, -0.25) is 14.6 Å². The Bertz CT molecular complexity index is 789. The number of nitrogens with zero attached hydrogens (tertiary/aromatic N) is 2. The molecule has 28 heavy (non-hydrogen) atoms. The molecule has 1 aliphatic rings. The molecule has 6 heteroatoms. The summed E-state index contributed by atoms with van der Waals surface area (Å²) in [6.07, 6.45) is 8.87. The molecule has 6 nitrogen and oxygen atoms in total. The highest BCUT2D eigenvalue weighted by atomic mass is 16.2. The molecule has 0 radical (unpaired) electrons. The molecule has 2 aromatic rings. The summed E-state index contributed by atoms with van der Waals surface area (Å²) in [7, 11) is 0. The van der Waals surface area contributed by atoms with Crippen LogP contribution in [0.4, 0.5) is 0 Å². The van der Waals surface area contributed by atoms with E-state index in [-0.39, 0.29) is 17.1 Å². The molecule has 1 aromatic carbocycles. The number of nitrogens with one attached hydrogen (secondary N) is 2. The molecule has 0 aliphatic heterocycles. The molecule has 2 amide bonds. The van der Waals surface area contributed by atoms with Gasteiger partial charge in [0.15, 0.2) is 0 Å². The van der Waals surface area contributed by atoms with Crippen molar-refractivity contribution in [3.63, 3.8) is 0 Å². The van der Waals surface area contributed by atoms with Gasteiger partial charge in [0.1, 0.15) is 11.7 Å². The molecule has 0 bridgehead atoms. The lowest BCUT2D eigenvalue weighted by atomic mass is 9.71. The third kappa shape index (κ3) is 5.15. The maximum atomic E-state index is 13.1. The highest BCUT2D eigenvalue weighted by molar-refractivity contribution is 5.96. The average molecular weight is 380 g/mol. The monoisotopic (exact) mass is 380 g/mol. The first-order valence-corrected chi connectivity index (χ1v) is 9.90. The van der Waals surface area contributed by atoms with Crippen molar-refractivity contribution in [2.75, 3.05) is 0 Å². The van der Waals surface area contributed by atoms with Gasteiger partial charge in [0.25, 0.3) is 5.91 Å². The van der Waals surface area contributed by atoms with Gasteiger partial charge >= 0.3 is 0 Å². The smallest absolute Gasteiger partial charge is 0.272 e. The minimum absolute atomic E-state index is 0.138. The first kappa shape index (κ1) is 20.0. The highest BCUT2D eigenvalue weighted by Gasteiger charge is 2.40. The minimum Gasteiger partial charge on any atom is -0.349 e. The summed E-state index contributed by atoms with van der Waals surface area (Å²) in [6.45, 7) is 4.34. The number of hydrogen-bond acceptors (Lipinski definition) is 4. The third-order valence-corrected chi connectivity index (χ3v) is 5.20. The molecule has 1 saturated carbocycles. The molecule has 2 N–H and O–H groups in total. The molecular formula is C22H28N4O2. The molecule has 1 atom stereocenters. The van der Waals surface area contributed by atoms with E-state index in [1.807, 2.05) is 30.3 Å². The van der Waals surface area contributed by atoms with Gasteiger partial charge in [-0.15, -0.1) is 0 Å². The molecule has 1 aliphatic carbocycles. The molecule has 0 unspecified atom stereocenters. The maximum absolute atomic E-state index is 13.1. The predicted octanol–water partition coefficient (Wildman–Crippen LogP) is 2.90. The van der Waals surface area contributed by atoms with Gasteiger partial charge < -0.3 is 10.6 Å². The second-order valence-corrected chi connectivity index (χ2v) is 8.03. The van der Waals surface area contributed by atoms with Gasteiger partial charge in [-0.2, -0.15) is 0 Å². The SMILES string of the molecule is CC(C)CC1(NC(=O)[C@H](Cc2ccccc2)NC(=O)c2cnccn2)CCC1. The van der Waals surface area contributed by atoms with Crippen molar-refractivity contribution >= 4 is 11.8 Å². The highest BCUT2D eigenvalue weighted by Crippen LogP contribution is 2.37. The number of carbonyl (C=O) groups is 2. The van der Waals surface area contributed by atoms with Crippen LogP contribution in [0.2, 0.25) is 0 Å². The number of amides is 2. The second kappa shape index (κ2) is 8.95. The maximum Gasteiger partial charge on any atom is 0.272 e. The van der Waals surface area contributed by atoms with E-state index in [0.717, 1.165) is 31.2 Å². The first-order chi connectivity index (χ1) is 13.5. The zero-order chi connectivity index (χ0) is 20.0. The largest absolute Gasteiger partial charge is 0.349 e. The number of rotatable bonds is 8. The van der Waals surface area contributed by atoms with E-state index >= 15 is 0 Å². The van der Waals surface area contributed by atoms with Crippen molar-refractivity contribution in [3.8, 4) is 0 Å². The summed E-state index contributed by atoms with van der Waals surface area (Å²) in [5, 5.41) is 6.10. The Morgan fingerprint density at radius 1 is 1.14 bits per heavy atom. The molecule has 1 heterocycles. The zero-order valence-electron chi connectivity index (χ0n) is 16.5. The normalized spacial score (nSPS) is 16.1. The quantitative estimate of drug-likeness (QED) is 0.737. The van der Waals surface area contributed by atoms with E-state index in [1.165, 1.54) is 18.6 Å². The van der Waals surface area contributed by atoms with Crippen LogP contribution >= 0.6 is 0 Å². The molecule has 0 spiro atoms. The van der Waals surface area contributed by atoms with E-state index in [9.17, 15) is 9.59 Å². The Morgan fingerprint density at radius 2 is 1.89 bits per heavy atom. The summed E-state index contributed by atoms with van der Waals surface area (Å²) in [4.78, 5) is 33.7. The standard InChI is InChI=1S/C22H28N4O2/c1-16(2)14-22(9-6-10-22)26-21(28)18(13-17-7-4-3-5-8-17)25-20(27)19-15-23-11-12-24-19/h3-5,7-8,11-12,15-16,18H,6,9-10,13-14H2,1-2H3,(H,25,27)(H,26,28)/t18-/m0/s1. The summed E-state index contributed by atoms with van der Waals surface area (Å²) in [5.41, 5.74) is 1.06. The van der Waals surface area contributed by atoms with Crippen LogP contribution in [-0.2, 0) is 11.2 Å². The fourth-order valence-corrected chi connectivity index (χ4v) is 3.82. The van der Waals surface area contributed by atoms with Crippen LogP contribution in [0.3, 0.4) is 0 Å². The van der Waals surface area contributed by atoms with Gasteiger partial charge in [0, 0.05) is 24.4 Å². The topological polar surface area (TPSA) is 84.0 Å². The molecule has 148 valence electrons. The summed E-state index contributed by atoms with van der Waals surface area (Å²) < 4.78 is 0. The third-order valence-electron chi connectivity index (χ3n) is 5.20. The summed E-state index contributed by atoms with van der Waals surface area (Å²) in [6, 6.07) is 9.05. The van der Waals surface area contributed by atoms with Crippen molar-refractivity contribution in [2.24, 2.45) is 5.92 Å². The van der Waals surface area contributed by atoms with Crippen LogP contribution in [0, 0.1) is 5.92 Å². The zero-order valence-corrected chi connectivity index (χ0v) is 16.5. The van der Waals surface area contributed by atoms with Crippen LogP contribution < -0.4 is 10.6 Å². The van der Waals surface area contributed by atoms with Crippen LogP contribution in [0.5, 0.6) is 0 Å². The Hall–Kier alpha value is -2.76. The number of benzene rings is 1. The van der Waals surface area contributed by atoms with Crippen LogP contribution in [0.1, 0.15) is 55.6 Å². The van der Waals surface area contributed by atoms with E-state index in [0.29, 0.717) is 12.3 Å². The number of hydrogen-bond donors (Lipinski definition) is 2. The second-order valence-electron chi connectivity index (χ2n) is 8.03. The molecule has 1 fully saturated rings. The lowest BCUT2D eigenvalue weighted by Crippen LogP contribution is -2.59. The van der Waals surface area contributed by atoms with Crippen LogP contribution in [-0.4, -0.2) is 33.4 Å². The van der Waals surface area contributed by atoms with Gasteiger partial charge in [-0.05, 0) is 37.2 Å². The Labute approximate surface area is 166 Å². The van der Waals surface area contributed by atoms with E-state index in [2.05, 4.69) is 34.4 Å². The Kier molecular flexibility index (Phi) is 6.39. The predicted molar refractivity (Wildman–Crippen MR) is 108 cm³/mol. The van der Waals surface area contributed by atoms with E-state index in [1.54, 1.807) is 0 Å². The fourth-order valence-electron chi connectivity index (χ4n) is 3.82. The summed E-state index contributed by atoms with van der Waals surface area (Å²) >= 11 is 0. The van der Waals surface area contributed by atoms with Gasteiger partial charge in [0.05, 0.1) is 6.20 Å². The Morgan fingerprint density at radius 3 is 2.46 bits per heavy atom. The molecule has 1 aromatic heterocycles. The van der Waals surface area contributed by atoms with Crippen molar-refractivity contribution < 1.29 is 9.59 Å². The van der Waals surface area contributed by atoms with Crippen molar-refractivity contribution in [3.05, 3.63) is 60.2 Å². The van der Waals surface area contributed by atoms with E-state index < -0.39 is 11.9 Å². The number of aromatic nitrogens is 2. The van der Waals surface area contributed by atoms with Crippen LogP contribution in [0.15, 0.2) is 48.9 Å². The Balaban J connectivity index is 1.75. The average Bonchev–Trinajstić information content (AvgIpc) is 2.66. The lowest BCUT2D eigenvalue weighted by molar-refractivity contribution is -0.126. The lowest BCUT2D eigenvalue weighted by Gasteiger charge is -2.44. The van der Waals surface area contributed by atoms with Gasteiger partial charge in [0.2, 0.25) is 5.91 Å². The van der Waals surface area contributed by atoms with Gasteiger partial charge in [-0.1, -0.05) is 44.2 Å². The summed E-state index contributed by atoms with van der Waals surface area (Å²) in [5.74, 6) is -0.0282. The van der Waals surface area contributed by atoms with Gasteiger partial charge in [-0.25, -0.2) is 4.98 Å². The molecule has 3 rings (SSSR count). The van der Waals surface area contributed by atoms with Crippen LogP contribution in [0.25, 0.3) is 0 Å². The molecule has 0 saturated heterocycles. The minimum atomic E-state index is -0.665. The van der Waals surface area contributed by atoms with Crippen molar-refractivity contribution in [1.29, 1.82) is 0 Å². The van der Waals surface area contributed by atoms with Crippen molar-refractivity contribution in [1.82, 2.24) is 20.6 Å². The molecular weight excluding hydrogens is 352 g/mol. The number of carbonyl (C=O) groups excluding carboxylic acids is 2. The van der Waals surface area contributed by atoms with E-state index in [4.69, 9.17) is 0 Å².